The largest absolute Gasteiger partial charge is 0.465 e. The summed E-state index contributed by atoms with van der Waals surface area (Å²) in [4.78, 5) is 22.4. The quantitative estimate of drug-likeness (QED) is 0.631. The van der Waals surface area contributed by atoms with Crippen LogP contribution in [0.15, 0.2) is 24.4 Å². The number of halogens is 1. The summed E-state index contributed by atoms with van der Waals surface area (Å²) in [6, 6.07) is 5.21. The van der Waals surface area contributed by atoms with E-state index >= 15 is 0 Å². The Hall–Kier alpha value is -1.81. The van der Waals surface area contributed by atoms with Crippen LogP contribution in [0.3, 0.4) is 0 Å². The molecule has 1 aromatic heterocycles. The molecule has 0 bridgehead atoms. The van der Waals surface area contributed by atoms with Crippen molar-refractivity contribution in [3.05, 3.63) is 35.0 Å². The molecule has 0 spiro atoms. The average molecular weight is 266 g/mol. The Morgan fingerprint density at radius 1 is 1.50 bits per heavy atom. The monoisotopic (exact) mass is 265 g/mol. The van der Waals surface area contributed by atoms with Crippen LogP contribution in [-0.4, -0.2) is 23.4 Å². The standard InChI is InChI=1S/C13H12ClNO3/c1-2-18-13(17)7-15-6-9(8-16)11-4-3-10(14)5-12(11)15/h3-6,8H,2,7H2,1H3. The number of fused-ring (bicyclic) bond motifs is 1. The lowest BCUT2D eigenvalue weighted by Gasteiger charge is -2.05. The molecule has 0 aliphatic carbocycles. The normalized spacial score (nSPS) is 10.6. The van der Waals surface area contributed by atoms with Crippen molar-refractivity contribution >= 4 is 34.8 Å². The summed E-state index contributed by atoms with van der Waals surface area (Å²) in [6.45, 7) is 2.15. The van der Waals surface area contributed by atoms with Gasteiger partial charge in [0.2, 0.25) is 0 Å². The van der Waals surface area contributed by atoms with Crippen LogP contribution in [0.25, 0.3) is 10.9 Å². The molecule has 0 saturated heterocycles. The second kappa shape index (κ2) is 5.23. The van der Waals surface area contributed by atoms with E-state index < -0.39 is 0 Å². The van der Waals surface area contributed by atoms with E-state index in [4.69, 9.17) is 16.3 Å². The Labute approximate surface area is 109 Å². The Kier molecular flexibility index (Phi) is 3.67. The van der Waals surface area contributed by atoms with Crippen LogP contribution >= 0.6 is 11.6 Å². The molecule has 2 aromatic rings. The Bertz CT molecular complexity index is 604. The van der Waals surface area contributed by atoms with Gasteiger partial charge in [-0.25, -0.2) is 0 Å². The summed E-state index contributed by atoms with van der Waals surface area (Å²) < 4.78 is 6.56. The van der Waals surface area contributed by atoms with Gasteiger partial charge in [-0.15, -0.1) is 0 Å². The van der Waals surface area contributed by atoms with Gasteiger partial charge in [0.25, 0.3) is 0 Å². The zero-order chi connectivity index (χ0) is 13.1. The van der Waals surface area contributed by atoms with Gasteiger partial charge in [0, 0.05) is 22.2 Å². The lowest BCUT2D eigenvalue weighted by atomic mass is 10.2. The molecule has 1 aromatic carbocycles. The second-order valence-electron chi connectivity index (χ2n) is 3.80. The summed E-state index contributed by atoms with van der Waals surface area (Å²) in [7, 11) is 0. The van der Waals surface area contributed by atoms with Crippen molar-refractivity contribution in [1.82, 2.24) is 4.57 Å². The zero-order valence-corrected chi connectivity index (χ0v) is 10.6. The van der Waals surface area contributed by atoms with Crippen LogP contribution in [0.1, 0.15) is 17.3 Å². The van der Waals surface area contributed by atoms with Crippen LogP contribution in [0.2, 0.25) is 5.02 Å². The molecule has 0 radical (unpaired) electrons. The molecule has 94 valence electrons. The fourth-order valence-electron chi connectivity index (χ4n) is 1.86. The molecule has 0 amide bonds. The van der Waals surface area contributed by atoms with Gasteiger partial charge < -0.3 is 9.30 Å². The van der Waals surface area contributed by atoms with Gasteiger partial charge in [0.05, 0.1) is 12.1 Å². The number of hydrogen-bond donors (Lipinski definition) is 0. The predicted molar refractivity (Wildman–Crippen MR) is 69.0 cm³/mol. The first-order valence-electron chi connectivity index (χ1n) is 5.55. The number of carbonyl (C=O) groups excluding carboxylic acids is 2. The van der Waals surface area contributed by atoms with Gasteiger partial charge in [-0.1, -0.05) is 17.7 Å². The van der Waals surface area contributed by atoms with Crippen molar-refractivity contribution in [3.63, 3.8) is 0 Å². The minimum Gasteiger partial charge on any atom is -0.465 e. The van der Waals surface area contributed by atoms with Crippen LogP contribution < -0.4 is 0 Å². The van der Waals surface area contributed by atoms with E-state index in [2.05, 4.69) is 0 Å². The highest BCUT2D eigenvalue weighted by atomic mass is 35.5. The van der Waals surface area contributed by atoms with Crippen LogP contribution in [0, 0.1) is 0 Å². The fraction of sp³-hybridized carbons (Fsp3) is 0.231. The van der Waals surface area contributed by atoms with Crippen molar-refractivity contribution in [2.24, 2.45) is 0 Å². The van der Waals surface area contributed by atoms with Crippen molar-refractivity contribution in [2.75, 3.05) is 6.61 Å². The minimum absolute atomic E-state index is 0.0680. The number of esters is 1. The van der Waals surface area contributed by atoms with E-state index in [0.717, 1.165) is 17.2 Å². The van der Waals surface area contributed by atoms with Gasteiger partial charge in [0.15, 0.2) is 6.29 Å². The molecule has 0 saturated carbocycles. The van der Waals surface area contributed by atoms with E-state index in [9.17, 15) is 9.59 Å². The molecule has 0 fully saturated rings. The number of hydrogen-bond acceptors (Lipinski definition) is 3. The molecule has 0 aliphatic rings. The molecular weight excluding hydrogens is 254 g/mol. The van der Waals surface area contributed by atoms with Crippen molar-refractivity contribution < 1.29 is 14.3 Å². The van der Waals surface area contributed by atoms with E-state index in [-0.39, 0.29) is 12.5 Å². The Morgan fingerprint density at radius 3 is 2.94 bits per heavy atom. The lowest BCUT2D eigenvalue weighted by Crippen LogP contribution is -2.12. The first kappa shape index (κ1) is 12.6. The maximum Gasteiger partial charge on any atom is 0.325 e. The van der Waals surface area contributed by atoms with Crippen LogP contribution in [0.4, 0.5) is 0 Å². The smallest absolute Gasteiger partial charge is 0.325 e. The van der Waals surface area contributed by atoms with Gasteiger partial charge in [0.1, 0.15) is 6.54 Å². The molecule has 1 heterocycles. The van der Waals surface area contributed by atoms with Crippen molar-refractivity contribution in [2.45, 2.75) is 13.5 Å². The second-order valence-corrected chi connectivity index (χ2v) is 4.23. The van der Waals surface area contributed by atoms with Gasteiger partial charge in [-0.3, -0.25) is 9.59 Å². The average Bonchev–Trinajstić information content (AvgIpc) is 2.67. The lowest BCUT2D eigenvalue weighted by molar-refractivity contribution is -0.143. The third-order valence-electron chi connectivity index (χ3n) is 2.61. The van der Waals surface area contributed by atoms with Gasteiger partial charge in [-0.2, -0.15) is 0 Å². The Morgan fingerprint density at radius 2 is 2.28 bits per heavy atom. The number of carbonyl (C=O) groups is 2. The SMILES string of the molecule is CCOC(=O)Cn1cc(C=O)c2ccc(Cl)cc21. The number of aromatic nitrogens is 1. The number of aldehydes is 1. The first-order chi connectivity index (χ1) is 8.65. The third-order valence-corrected chi connectivity index (χ3v) is 2.84. The highest BCUT2D eigenvalue weighted by molar-refractivity contribution is 6.31. The summed E-state index contributed by atoms with van der Waals surface area (Å²) in [5.74, 6) is -0.341. The summed E-state index contributed by atoms with van der Waals surface area (Å²) in [5, 5.41) is 1.34. The molecule has 5 heteroatoms. The molecular formula is C13H12ClNO3. The maximum atomic E-state index is 11.5. The van der Waals surface area contributed by atoms with Crippen LogP contribution in [0.5, 0.6) is 0 Å². The number of nitrogens with zero attached hydrogens (tertiary/aromatic N) is 1. The minimum atomic E-state index is -0.341. The number of ether oxygens (including phenoxy) is 1. The Balaban J connectivity index is 2.46. The molecule has 0 N–H and O–H groups in total. The van der Waals surface area contributed by atoms with E-state index in [1.54, 1.807) is 35.9 Å². The van der Waals surface area contributed by atoms with Crippen molar-refractivity contribution in [3.8, 4) is 0 Å². The molecule has 0 atom stereocenters. The highest BCUT2D eigenvalue weighted by Gasteiger charge is 2.11. The third kappa shape index (κ3) is 2.38. The maximum absolute atomic E-state index is 11.5. The number of rotatable bonds is 4. The molecule has 0 unspecified atom stereocenters. The molecule has 4 nitrogen and oxygen atoms in total. The topological polar surface area (TPSA) is 48.3 Å². The predicted octanol–water partition coefficient (Wildman–Crippen LogP) is 2.67. The summed E-state index contributed by atoms with van der Waals surface area (Å²) in [5.41, 5.74) is 1.28. The zero-order valence-electron chi connectivity index (χ0n) is 9.85. The molecule has 18 heavy (non-hydrogen) atoms. The first-order valence-corrected chi connectivity index (χ1v) is 5.92. The van der Waals surface area contributed by atoms with E-state index in [1.165, 1.54) is 0 Å². The van der Waals surface area contributed by atoms with Gasteiger partial charge >= 0.3 is 5.97 Å². The number of benzene rings is 1. The molecule has 2 rings (SSSR count). The summed E-state index contributed by atoms with van der Waals surface area (Å²) >= 11 is 5.92. The van der Waals surface area contributed by atoms with Crippen molar-refractivity contribution in [1.29, 1.82) is 0 Å². The molecule has 0 aliphatic heterocycles. The van der Waals surface area contributed by atoms with E-state index in [0.29, 0.717) is 17.2 Å². The van der Waals surface area contributed by atoms with E-state index in [1.807, 2.05) is 0 Å². The van der Waals surface area contributed by atoms with Crippen LogP contribution in [-0.2, 0) is 16.1 Å². The fourth-order valence-corrected chi connectivity index (χ4v) is 2.03. The summed E-state index contributed by atoms with van der Waals surface area (Å²) in [6.07, 6.45) is 2.39. The highest BCUT2D eigenvalue weighted by Crippen LogP contribution is 2.23. The van der Waals surface area contributed by atoms with Gasteiger partial charge in [-0.05, 0) is 19.1 Å².